The number of carbonyl (C=O) groups is 1. The van der Waals surface area contributed by atoms with Crippen LogP contribution in [0.25, 0.3) is 6.08 Å². The smallest absolute Gasteiger partial charge is 0.338 e. The molecule has 0 N–H and O–H groups in total. The number of hydrogen-bond acceptors (Lipinski definition) is 7. The summed E-state index contributed by atoms with van der Waals surface area (Å²) in [5.41, 5.74) is 4.64. The van der Waals surface area contributed by atoms with E-state index in [1.807, 2.05) is 36.4 Å². The highest BCUT2D eigenvalue weighted by atomic mass is 35.5. The third-order valence-electron chi connectivity index (χ3n) is 6.86. The summed E-state index contributed by atoms with van der Waals surface area (Å²) in [5.74, 6) is -0.485. The Balaban J connectivity index is 1.47. The largest absolute Gasteiger partial charge is 0.459 e. The van der Waals surface area contributed by atoms with Gasteiger partial charge >= 0.3 is 5.97 Å². The molecule has 40 heavy (non-hydrogen) atoms. The van der Waals surface area contributed by atoms with E-state index in [9.17, 15) is 9.59 Å². The molecule has 0 saturated carbocycles. The van der Waals surface area contributed by atoms with Gasteiger partial charge in [0.2, 0.25) is 0 Å². The quantitative estimate of drug-likeness (QED) is 0.271. The molecule has 0 fully saturated rings. The number of benzene rings is 3. The van der Waals surface area contributed by atoms with Gasteiger partial charge in [-0.25, -0.2) is 9.79 Å². The number of fused-ring (bicyclic) bond motifs is 3. The van der Waals surface area contributed by atoms with Crippen LogP contribution in [0, 0.1) is 0 Å². The van der Waals surface area contributed by atoms with E-state index in [0.29, 0.717) is 25.6 Å². The lowest BCUT2D eigenvalue weighted by molar-refractivity contribution is -0.143. The maximum absolute atomic E-state index is 13.9. The second kappa shape index (κ2) is 10.4. The van der Waals surface area contributed by atoms with Crippen molar-refractivity contribution in [2.24, 2.45) is 4.99 Å². The molecule has 0 saturated heterocycles. The molecule has 0 unspecified atom stereocenters. The number of carbonyl (C=O) groups excluding carboxylic acids is 1. The average molecular weight is 588 g/mol. The van der Waals surface area contributed by atoms with Gasteiger partial charge in [0.1, 0.15) is 0 Å². The van der Waals surface area contributed by atoms with E-state index in [1.54, 1.807) is 49.2 Å². The van der Waals surface area contributed by atoms with Crippen LogP contribution in [0.15, 0.2) is 97.6 Å². The molecule has 0 aliphatic carbocycles. The van der Waals surface area contributed by atoms with E-state index in [4.69, 9.17) is 16.3 Å². The molecule has 1 atom stereocenters. The third kappa shape index (κ3) is 4.70. The predicted molar refractivity (Wildman–Crippen MR) is 162 cm³/mol. The average Bonchev–Trinajstić information content (AvgIpc) is 3.22. The molecular formula is C31H26ClN3O3S2. The number of halogens is 1. The molecule has 3 heterocycles. The van der Waals surface area contributed by atoms with Crippen LogP contribution in [0.4, 0.5) is 11.4 Å². The van der Waals surface area contributed by atoms with Crippen molar-refractivity contribution in [1.29, 1.82) is 0 Å². The lowest BCUT2D eigenvalue weighted by Gasteiger charge is -2.29. The van der Waals surface area contributed by atoms with Crippen LogP contribution in [0.2, 0.25) is 5.02 Å². The SMILES string of the molecule is CC1=C(C(=O)OC(C)C)[C@H](c2ccc(Cl)cc2)n2c(s/c(=C/c3ccc4c(c3)Sc3ccccc3N4C)c2=O)=N1. The summed E-state index contributed by atoms with van der Waals surface area (Å²) in [5, 5.41) is 0.571. The standard InChI is InChI=1S/C31H26ClN3O3S2/c1-17(2)38-30(37)27-18(3)33-31-35(28(27)20-10-12-21(32)13-11-20)29(36)26(40-31)16-19-9-14-23-25(15-19)39-24-8-6-5-7-22(24)34(23)4/h5-17,28H,1-4H3/b26-16+/t28-/m0/s1. The van der Waals surface area contributed by atoms with Gasteiger partial charge in [-0.15, -0.1) is 0 Å². The minimum absolute atomic E-state index is 0.209. The van der Waals surface area contributed by atoms with Crippen molar-refractivity contribution < 1.29 is 9.53 Å². The van der Waals surface area contributed by atoms with Crippen LogP contribution >= 0.6 is 34.7 Å². The van der Waals surface area contributed by atoms with Crippen LogP contribution in [0.1, 0.15) is 37.9 Å². The summed E-state index contributed by atoms with van der Waals surface area (Å²) >= 11 is 9.20. The van der Waals surface area contributed by atoms with Crippen molar-refractivity contribution in [2.45, 2.75) is 42.7 Å². The number of rotatable bonds is 4. The van der Waals surface area contributed by atoms with E-state index >= 15 is 0 Å². The minimum atomic E-state index is -0.675. The van der Waals surface area contributed by atoms with E-state index in [2.05, 4.69) is 41.2 Å². The lowest BCUT2D eigenvalue weighted by Crippen LogP contribution is -2.40. The first kappa shape index (κ1) is 26.6. The number of esters is 1. The minimum Gasteiger partial charge on any atom is -0.459 e. The summed E-state index contributed by atoms with van der Waals surface area (Å²) in [7, 11) is 2.07. The molecule has 0 radical (unpaired) electrons. The highest BCUT2D eigenvalue weighted by Gasteiger charge is 2.33. The molecule has 0 bridgehead atoms. The highest BCUT2D eigenvalue weighted by Crippen LogP contribution is 2.47. The van der Waals surface area contributed by atoms with Gasteiger partial charge in [0.25, 0.3) is 5.56 Å². The number of allylic oxidation sites excluding steroid dienone is 1. The highest BCUT2D eigenvalue weighted by molar-refractivity contribution is 7.99. The number of aromatic nitrogens is 1. The van der Waals surface area contributed by atoms with Crippen LogP contribution in [0.3, 0.4) is 0 Å². The molecule has 6 nitrogen and oxygen atoms in total. The van der Waals surface area contributed by atoms with Crippen LogP contribution in [-0.4, -0.2) is 23.7 Å². The van der Waals surface area contributed by atoms with Crippen LogP contribution in [-0.2, 0) is 9.53 Å². The second-order valence-corrected chi connectivity index (χ2v) is 12.5. The van der Waals surface area contributed by atoms with Crippen molar-refractivity contribution in [3.05, 3.63) is 114 Å². The van der Waals surface area contributed by atoms with E-state index < -0.39 is 12.0 Å². The van der Waals surface area contributed by atoms with Crippen molar-refractivity contribution >= 4 is 58.1 Å². The Hall–Kier alpha value is -3.59. The van der Waals surface area contributed by atoms with Crippen molar-refractivity contribution in [3.63, 3.8) is 0 Å². The zero-order valence-electron chi connectivity index (χ0n) is 22.3. The Kier molecular flexibility index (Phi) is 6.94. The monoisotopic (exact) mass is 587 g/mol. The molecule has 6 rings (SSSR count). The number of nitrogens with zero attached hydrogens (tertiary/aromatic N) is 3. The van der Waals surface area contributed by atoms with E-state index in [1.165, 1.54) is 21.9 Å². The molecule has 202 valence electrons. The number of ether oxygens (including phenoxy) is 1. The number of thiazole rings is 1. The first-order chi connectivity index (χ1) is 19.2. The van der Waals surface area contributed by atoms with E-state index in [0.717, 1.165) is 21.7 Å². The molecule has 4 aromatic rings. The van der Waals surface area contributed by atoms with Crippen molar-refractivity contribution in [1.82, 2.24) is 4.57 Å². The molecule has 0 amide bonds. The Morgan fingerprint density at radius 3 is 2.52 bits per heavy atom. The van der Waals surface area contributed by atoms with Crippen molar-refractivity contribution in [2.75, 3.05) is 11.9 Å². The normalized spacial score (nSPS) is 16.4. The Bertz CT molecular complexity index is 1870. The van der Waals surface area contributed by atoms with Gasteiger partial charge in [-0.1, -0.05) is 65.0 Å². The van der Waals surface area contributed by atoms with Gasteiger partial charge < -0.3 is 9.64 Å². The van der Waals surface area contributed by atoms with Gasteiger partial charge in [0.05, 0.1) is 39.3 Å². The maximum Gasteiger partial charge on any atom is 0.338 e. The van der Waals surface area contributed by atoms with Gasteiger partial charge in [0, 0.05) is 21.9 Å². The number of anilines is 2. The number of para-hydroxylation sites is 1. The van der Waals surface area contributed by atoms with Crippen LogP contribution < -0.4 is 19.8 Å². The summed E-state index contributed by atoms with van der Waals surface area (Å²) in [6.07, 6.45) is 1.59. The molecule has 1 aromatic heterocycles. The molecule has 0 spiro atoms. The molecule has 2 aliphatic rings. The Morgan fingerprint density at radius 2 is 1.77 bits per heavy atom. The fraction of sp³-hybridized carbons (Fsp3) is 0.194. The number of hydrogen-bond donors (Lipinski definition) is 0. The van der Waals surface area contributed by atoms with Gasteiger partial charge in [0.15, 0.2) is 4.80 Å². The molecular weight excluding hydrogens is 562 g/mol. The first-order valence-electron chi connectivity index (χ1n) is 12.8. The Labute approximate surface area is 244 Å². The third-order valence-corrected chi connectivity index (χ3v) is 9.21. The fourth-order valence-electron chi connectivity index (χ4n) is 5.02. The maximum atomic E-state index is 13.9. The first-order valence-corrected chi connectivity index (χ1v) is 14.9. The molecule has 2 aliphatic heterocycles. The van der Waals surface area contributed by atoms with Crippen LogP contribution in [0.5, 0.6) is 0 Å². The summed E-state index contributed by atoms with van der Waals surface area (Å²) in [6, 6.07) is 21.0. The molecule has 9 heteroatoms. The van der Waals surface area contributed by atoms with E-state index in [-0.39, 0.29) is 11.7 Å². The summed E-state index contributed by atoms with van der Waals surface area (Å²) in [6.45, 7) is 5.38. The fourth-order valence-corrected chi connectivity index (χ4v) is 7.39. The lowest BCUT2D eigenvalue weighted by atomic mass is 9.96. The van der Waals surface area contributed by atoms with Gasteiger partial charge in [-0.3, -0.25) is 9.36 Å². The van der Waals surface area contributed by atoms with Crippen molar-refractivity contribution in [3.8, 4) is 0 Å². The summed E-state index contributed by atoms with van der Waals surface area (Å²) in [4.78, 5) is 36.9. The second-order valence-electron chi connectivity index (χ2n) is 9.94. The Morgan fingerprint density at radius 1 is 1.05 bits per heavy atom. The zero-order valence-corrected chi connectivity index (χ0v) is 24.7. The molecule has 3 aromatic carbocycles. The topological polar surface area (TPSA) is 63.9 Å². The zero-order chi connectivity index (χ0) is 28.1. The van der Waals surface area contributed by atoms with Gasteiger partial charge in [-0.05, 0) is 74.4 Å². The van der Waals surface area contributed by atoms with Gasteiger partial charge in [-0.2, -0.15) is 0 Å². The summed E-state index contributed by atoms with van der Waals surface area (Å²) < 4.78 is 7.71. The predicted octanol–water partition coefficient (Wildman–Crippen LogP) is 6.07.